The van der Waals surface area contributed by atoms with E-state index in [2.05, 4.69) is 5.32 Å². The number of benzene rings is 2. The van der Waals surface area contributed by atoms with Gasteiger partial charge in [0.1, 0.15) is 5.82 Å². The lowest BCUT2D eigenvalue weighted by Crippen LogP contribution is -2.14. The Balaban J connectivity index is 2.17. The zero-order valence-electron chi connectivity index (χ0n) is 11.7. The summed E-state index contributed by atoms with van der Waals surface area (Å²) >= 11 is 0. The number of hydrogen-bond donors (Lipinski definition) is 2. The van der Waals surface area contributed by atoms with Crippen molar-refractivity contribution in [2.24, 2.45) is 0 Å². The first-order valence-electron chi connectivity index (χ1n) is 6.55. The van der Waals surface area contributed by atoms with Crippen LogP contribution < -0.4 is 11.1 Å². The number of carbonyl (C=O) groups is 1. The Kier molecular flexibility index (Phi) is 4.90. The van der Waals surface area contributed by atoms with Crippen molar-refractivity contribution in [3.63, 3.8) is 0 Å². The van der Waals surface area contributed by atoms with Gasteiger partial charge in [-0.15, -0.1) is 0 Å². The molecular weight excluding hydrogens is 271 g/mol. The summed E-state index contributed by atoms with van der Waals surface area (Å²) in [5.74, 6) is -0.862. The molecule has 0 radical (unpaired) electrons. The number of nitrogen functional groups attached to an aromatic ring is 1. The molecule has 1 amide bonds. The Hall–Kier alpha value is -2.40. The maximum atomic E-state index is 13.1. The van der Waals surface area contributed by atoms with E-state index < -0.39 is 5.82 Å². The van der Waals surface area contributed by atoms with E-state index >= 15 is 0 Å². The van der Waals surface area contributed by atoms with Crippen molar-refractivity contribution in [3.05, 3.63) is 59.4 Å². The normalized spacial score (nSPS) is 10.4. The molecule has 5 heteroatoms. The van der Waals surface area contributed by atoms with Gasteiger partial charge < -0.3 is 15.8 Å². The number of ether oxygens (including phenoxy) is 1. The fourth-order valence-electron chi connectivity index (χ4n) is 1.95. The van der Waals surface area contributed by atoms with Gasteiger partial charge >= 0.3 is 0 Å². The van der Waals surface area contributed by atoms with E-state index in [4.69, 9.17) is 10.5 Å². The molecule has 0 spiro atoms. The second-order valence-corrected chi connectivity index (χ2v) is 4.59. The van der Waals surface area contributed by atoms with Crippen LogP contribution >= 0.6 is 0 Å². The van der Waals surface area contributed by atoms with Crippen molar-refractivity contribution in [1.29, 1.82) is 0 Å². The van der Waals surface area contributed by atoms with Gasteiger partial charge in [0.25, 0.3) is 5.91 Å². The summed E-state index contributed by atoms with van der Waals surface area (Å²) in [6.07, 6.45) is 0.693. The molecule has 0 heterocycles. The Morgan fingerprint density at radius 1 is 1.29 bits per heavy atom. The van der Waals surface area contributed by atoms with Gasteiger partial charge in [0.15, 0.2) is 0 Å². The molecule has 2 rings (SSSR count). The van der Waals surface area contributed by atoms with E-state index in [0.717, 1.165) is 5.56 Å². The maximum Gasteiger partial charge on any atom is 0.255 e. The third-order valence-electron chi connectivity index (χ3n) is 3.10. The molecule has 0 bridgehead atoms. The lowest BCUT2D eigenvalue weighted by molar-refractivity contribution is 0.102. The van der Waals surface area contributed by atoms with Crippen molar-refractivity contribution < 1.29 is 13.9 Å². The second kappa shape index (κ2) is 6.85. The predicted molar refractivity (Wildman–Crippen MR) is 80.8 cm³/mol. The molecule has 110 valence electrons. The average Bonchev–Trinajstić information content (AvgIpc) is 2.49. The number of methoxy groups -OCH3 is 1. The number of carbonyl (C=O) groups excluding carboxylic acids is 1. The number of rotatable bonds is 5. The van der Waals surface area contributed by atoms with Crippen LogP contribution in [0.5, 0.6) is 0 Å². The fourth-order valence-corrected chi connectivity index (χ4v) is 1.95. The molecule has 0 aliphatic heterocycles. The minimum atomic E-state index is -0.535. The number of amides is 1. The molecule has 4 nitrogen and oxygen atoms in total. The van der Waals surface area contributed by atoms with Crippen LogP contribution in [0.4, 0.5) is 15.8 Å². The van der Waals surface area contributed by atoms with Gasteiger partial charge in [0.05, 0.1) is 12.3 Å². The second-order valence-electron chi connectivity index (χ2n) is 4.59. The molecule has 0 aliphatic carbocycles. The van der Waals surface area contributed by atoms with Crippen molar-refractivity contribution in [2.75, 3.05) is 24.8 Å². The number of anilines is 2. The molecule has 21 heavy (non-hydrogen) atoms. The molecule has 0 saturated carbocycles. The summed E-state index contributed by atoms with van der Waals surface area (Å²) in [5.41, 5.74) is 7.43. The topological polar surface area (TPSA) is 64.3 Å². The number of nitrogens with one attached hydrogen (secondary N) is 1. The Morgan fingerprint density at radius 2 is 2.05 bits per heavy atom. The van der Waals surface area contributed by atoms with Crippen molar-refractivity contribution >= 4 is 17.3 Å². The number of nitrogens with two attached hydrogens (primary N) is 1. The van der Waals surface area contributed by atoms with Crippen LogP contribution in [-0.2, 0) is 11.2 Å². The van der Waals surface area contributed by atoms with E-state index in [0.29, 0.717) is 24.3 Å². The molecule has 0 atom stereocenters. The zero-order valence-corrected chi connectivity index (χ0v) is 11.7. The average molecular weight is 288 g/mol. The molecule has 2 aromatic carbocycles. The Morgan fingerprint density at radius 3 is 2.76 bits per heavy atom. The van der Waals surface area contributed by atoms with Crippen LogP contribution in [0.25, 0.3) is 0 Å². The summed E-state index contributed by atoms with van der Waals surface area (Å²) < 4.78 is 18.2. The Labute approximate surface area is 122 Å². The van der Waals surface area contributed by atoms with E-state index in [9.17, 15) is 9.18 Å². The molecule has 0 aliphatic rings. The zero-order chi connectivity index (χ0) is 15.2. The van der Waals surface area contributed by atoms with E-state index in [-0.39, 0.29) is 11.6 Å². The van der Waals surface area contributed by atoms with Crippen LogP contribution in [0.2, 0.25) is 0 Å². The van der Waals surface area contributed by atoms with Crippen LogP contribution in [0, 0.1) is 5.82 Å². The molecule has 0 fully saturated rings. The molecular formula is C16H17FN2O2. The van der Waals surface area contributed by atoms with Gasteiger partial charge in [-0.3, -0.25) is 4.79 Å². The van der Waals surface area contributed by atoms with Crippen LogP contribution in [-0.4, -0.2) is 19.6 Å². The summed E-state index contributed by atoms with van der Waals surface area (Å²) in [6.45, 7) is 0.566. The third kappa shape index (κ3) is 3.79. The summed E-state index contributed by atoms with van der Waals surface area (Å²) in [5, 5.41) is 2.81. The van der Waals surface area contributed by atoms with Gasteiger partial charge in [0, 0.05) is 18.4 Å². The van der Waals surface area contributed by atoms with Crippen LogP contribution in [0.1, 0.15) is 15.9 Å². The highest BCUT2D eigenvalue weighted by atomic mass is 19.1. The third-order valence-corrected chi connectivity index (χ3v) is 3.10. The summed E-state index contributed by atoms with van der Waals surface area (Å²) in [7, 11) is 1.63. The summed E-state index contributed by atoms with van der Waals surface area (Å²) in [4.78, 5) is 12.2. The number of halogens is 1. The number of para-hydroxylation sites is 1. The Bertz CT molecular complexity index is 644. The maximum absolute atomic E-state index is 13.1. The molecule has 0 saturated heterocycles. The minimum absolute atomic E-state index is 0.0460. The van der Waals surface area contributed by atoms with Gasteiger partial charge in [-0.2, -0.15) is 0 Å². The molecule has 2 aromatic rings. The molecule has 0 aromatic heterocycles. The van der Waals surface area contributed by atoms with Gasteiger partial charge in [0.2, 0.25) is 0 Å². The monoisotopic (exact) mass is 288 g/mol. The van der Waals surface area contributed by atoms with Crippen molar-refractivity contribution in [1.82, 2.24) is 0 Å². The van der Waals surface area contributed by atoms with E-state index in [1.54, 1.807) is 7.11 Å². The van der Waals surface area contributed by atoms with Gasteiger partial charge in [-0.1, -0.05) is 18.2 Å². The van der Waals surface area contributed by atoms with Crippen molar-refractivity contribution in [3.8, 4) is 0 Å². The predicted octanol–water partition coefficient (Wildman–Crippen LogP) is 2.85. The number of hydrogen-bond acceptors (Lipinski definition) is 3. The largest absolute Gasteiger partial charge is 0.396 e. The molecule has 3 N–H and O–H groups in total. The fraction of sp³-hybridized carbons (Fsp3) is 0.188. The van der Waals surface area contributed by atoms with Gasteiger partial charge in [-0.25, -0.2) is 4.39 Å². The van der Waals surface area contributed by atoms with E-state index in [1.165, 1.54) is 18.2 Å². The van der Waals surface area contributed by atoms with Crippen LogP contribution in [0.3, 0.4) is 0 Å². The minimum Gasteiger partial charge on any atom is -0.396 e. The van der Waals surface area contributed by atoms with Gasteiger partial charge in [-0.05, 0) is 36.2 Å². The van der Waals surface area contributed by atoms with Crippen LogP contribution in [0.15, 0.2) is 42.5 Å². The first-order chi connectivity index (χ1) is 10.1. The van der Waals surface area contributed by atoms with Crippen molar-refractivity contribution in [2.45, 2.75) is 6.42 Å². The lowest BCUT2D eigenvalue weighted by atomic mass is 10.1. The summed E-state index contributed by atoms with van der Waals surface area (Å²) in [6, 6.07) is 11.4. The lowest BCUT2D eigenvalue weighted by Gasteiger charge is -2.11. The highest BCUT2D eigenvalue weighted by Gasteiger charge is 2.10. The quantitative estimate of drug-likeness (QED) is 0.831. The SMILES string of the molecule is COCCc1ccccc1NC(=O)c1ccc(F)c(N)c1. The first kappa shape index (κ1) is 15.0. The first-order valence-corrected chi connectivity index (χ1v) is 6.55. The standard InChI is InChI=1S/C16H17FN2O2/c1-21-9-8-11-4-2-3-5-15(11)19-16(20)12-6-7-13(17)14(18)10-12/h2-7,10H,8-9,18H2,1H3,(H,19,20). The highest BCUT2D eigenvalue weighted by molar-refractivity contribution is 6.05. The molecule has 0 unspecified atom stereocenters. The van der Waals surface area contributed by atoms with E-state index in [1.807, 2.05) is 24.3 Å². The highest BCUT2D eigenvalue weighted by Crippen LogP contribution is 2.18. The smallest absolute Gasteiger partial charge is 0.255 e.